The zero-order valence-corrected chi connectivity index (χ0v) is 14.1. The number of fused-ring (bicyclic) bond motifs is 1. The summed E-state index contributed by atoms with van der Waals surface area (Å²) >= 11 is 3.56. The molecule has 0 spiro atoms. The van der Waals surface area contributed by atoms with Crippen LogP contribution in [0, 0.1) is 0 Å². The molecule has 4 aromatic rings. The van der Waals surface area contributed by atoms with Gasteiger partial charge in [-0.25, -0.2) is 4.98 Å². The van der Waals surface area contributed by atoms with Crippen molar-refractivity contribution in [2.24, 2.45) is 0 Å². The van der Waals surface area contributed by atoms with Crippen molar-refractivity contribution in [1.82, 2.24) is 9.88 Å². The van der Waals surface area contributed by atoms with E-state index in [9.17, 15) is 0 Å². The molecule has 1 aromatic carbocycles. The summed E-state index contributed by atoms with van der Waals surface area (Å²) in [5.41, 5.74) is 1.08. The van der Waals surface area contributed by atoms with Crippen LogP contribution < -0.4 is 0 Å². The summed E-state index contributed by atoms with van der Waals surface area (Å²) in [5, 5.41) is 3.27. The van der Waals surface area contributed by atoms with Crippen LogP contribution in [-0.4, -0.2) is 9.88 Å². The highest BCUT2D eigenvalue weighted by atomic mass is 32.1. The number of benzene rings is 1. The Bertz CT molecular complexity index is 796. The van der Waals surface area contributed by atoms with E-state index in [-0.39, 0.29) is 0 Å². The Morgan fingerprint density at radius 2 is 1.91 bits per heavy atom. The van der Waals surface area contributed by atoms with Crippen molar-refractivity contribution >= 4 is 32.9 Å². The molecule has 0 bridgehead atoms. The number of para-hydroxylation sites is 1. The summed E-state index contributed by atoms with van der Waals surface area (Å²) in [5.74, 6) is 0.989. The number of furan rings is 1. The average Bonchev–Trinajstić information content (AvgIpc) is 3.27. The van der Waals surface area contributed by atoms with E-state index in [0.29, 0.717) is 0 Å². The summed E-state index contributed by atoms with van der Waals surface area (Å²) in [7, 11) is 0. The van der Waals surface area contributed by atoms with E-state index in [1.54, 1.807) is 28.9 Å². The number of thiazole rings is 1. The summed E-state index contributed by atoms with van der Waals surface area (Å²) < 4.78 is 6.77. The second kappa shape index (κ2) is 6.66. The van der Waals surface area contributed by atoms with Crippen LogP contribution in [0.1, 0.15) is 15.6 Å². The SMILES string of the molecule is c1coc(CN(Cc2cccs2)Cc2nc3ccccc3s2)c1. The molecule has 0 atom stereocenters. The fourth-order valence-corrected chi connectivity index (χ4v) is 4.35. The van der Waals surface area contributed by atoms with Crippen LogP contribution in [0.25, 0.3) is 10.2 Å². The molecule has 0 unspecified atom stereocenters. The fourth-order valence-electron chi connectivity index (χ4n) is 2.59. The van der Waals surface area contributed by atoms with Crippen molar-refractivity contribution in [2.45, 2.75) is 19.6 Å². The lowest BCUT2D eigenvalue weighted by atomic mass is 10.3. The molecule has 3 aromatic heterocycles. The number of thiophene rings is 1. The van der Waals surface area contributed by atoms with Gasteiger partial charge in [-0.2, -0.15) is 0 Å². The molecular weight excluding hydrogens is 324 g/mol. The van der Waals surface area contributed by atoms with Gasteiger partial charge in [0.05, 0.1) is 29.6 Å². The van der Waals surface area contributed by atoms with Gasteiger partial charge in [0.2, 0.25) is 0 Å². The van der Waals surface area contributed by atoms with Gasteiger partial charge in [0, 0.05) is 11.4 Å². The van der Waals surface area contributed by atoms with E-state index in [1.807, 2.05) is 18.2 Å². The van der Waals surface area contributed by atoms with Crippen LogP contribution >= 0.6 is 22.7 Å². The number of aromatic nitrogens is 1. The Labute approximate surface area is 142 Å². The molecule has 23 heavy (non-hydrogen) atoms. The smallest absolute Gasteiger partial charge is 0.117 e. The minimum absolute atomic E-state index is 0.792. The minimum Gasteiger partial charge on any atom is -0.468 e. The van der Waals surface area contributed by atoms with Gasteiger partial charge >= 0.3 is 0 Å². The summed E-state index contributed by atoms with van der Waals surface area (Å²) in [6.45, 7) is 2.53. The third-order valence-electron chi connectivity index (χ3n) is 3.62. The second-order valence-electron chi connectivity index (χ2n) is 5.38. The predicted octanol–water partition coefficient (Wildman–Crippen LogP) is 5.15. The highest BCUT2D eigenvalue weighted by Crippen LogP contribution is 2.24. The van der Waals surface area contributed by atoms with Crippen molar-refractivity contribution in [2.75, 3.05) is 0 Å². The van der Waals surface area contributed by atoms with Crippen LogP contribution in [0.15, 0.2) is 64.6 Å². The number of hydrogen-bond donors (Lipinski definition) is 0. The van der Waals surface area contributed by atoms with Crippen molar-refractivity contribution in [3.63, 3.8) is 0 Å². The van der Waals surface area contributed by atoms with Gasteiger partial charge in [0.1, 0.15) is 10.8 Å². The predicted molar refractivity (Wildman–Crippen MR) is 95.6 cm³/mol. The average molecular weight is 340 g/mol. The molecule has 3 heterocycles. The Kier molecular flexibility index (Phi) is 4.24. The minimum atomic E-state index is 0.792. The van der Waals surface area contributed by atoms with Crippen LogP contribution in [0.4, 0.5) is 0 Å². The van der Waals surface area contributed by atoms with Gasteiger partial charge in [0.25, 0.3) is 0 Å². The molecule has 5 heteroatoms. The first-order chi connectivity index (χ1) is 11.4. The van der Waals surface area contributed by atoms with E-state index < -0.39 is 0 Å². The molecule has 116 valence electrons. The Balaban J connectivity index is 1.56. The monoisotopic (exact) mass is 340 g/mol. The normalized spacial score (nSPS) is 11.5. The third-order valence-corrected chi connectivity index (χ3v) is 5.50. The Hall–Kier alpha value is -1.95. The first kappa shape index (κ1) is 14.6. The van der Waals surface area contributed by atoms with Crippen molar-refractivity contribution in [1.29, 1.82) is 0 Å². The van der Waals surface area contributed by atoms with Gasteiger partial charge in [-0.05, 0) is 35.7 Å². The summed E-state index contributed by atoms with van der Waals surface area (Å²) in [6, 6.07) is 16.6. The zero-order chi connectivity index (χ0) is 15.5. The zero-order valence-electron chi connectivity index (χ0n) is 12.5. The van der Waals surface area contributed by atoms with Crippen LogP contribution in [0.3, 0.4) is 0 Å². The quantitative estimate of drug-likeness (QED) is 0.486. The highest BCUT2D eigenvalue weighted by molar-refractivity contribution is 7.18. The Morgan fingerprint density at radius 3 is 2.70 bits per heavy atom. The summed E-state index contributed by atoms with van der Waals surface area (Å²) in [4.78, 5) is 8.50. The molecule has 0 aliphatic heterocycles. The molecule has 0 saturated carbocycles. The molecular formula is C18H16N2OS2. The Morgan fingerprint density at radius 1 is 0.957 bits per heavy atom. The first-order valence-electron chi connectivity index (χ1n) is 7.48. The molecule has 0 N–H and O–H groups in total. The fraction of sp³-hybridized carbons (Fsp3) is 0.167. The van der Waals surface area contributed by atoms with Gasteiger partial charge in [-0.1, -0.05) is 18.2 Å². The molecule has 0 amide bonds. The molecule has 4 rings (SSSR count). The van der Waals surface area contributed by atoms with Crippen molar-refractivity contribution in [3.8, 4) is 0 Å². The lowest BCUT2D eigenvalue weighted by Gasteiger charge is -2.19. The molecule has 0 fully saturated rings. The third kappa shape index (κ3) is 3.52. The summed E-state index contributed by atoms with van der Waals surface area (Å²) in [6.07, 6.45) is 1.73. The highest BCUT2D eigenvalue weighted by Gasteiger charge is 2.13. The second-order valence-corrected chi connectivity index (χ2v) is 7.53. The number of hydrogen-bond acceptors (Lipinski definition) is 5. The topological polar surface area (TPSA) is 29.3 Å². The van der Waals surface area contributed by atoms with Gasteiger partial charge in [-0.3, -0.25) is 4.90 Å². The largest absolute Gasteiger partial charge is 0.468 e. The number of nitrogens with zero attached hydrogens (tertiary/aromatic N) is 2. The molecule has 0 aliphatic carbocycles. The molecule has 0 radical (unpaired) electrons. The van der Waals surface area contributed by atoms with E-state index in [1.165, 1.54) is 9.58 Å². The maximum atomic E-state index is 5.52. The maximum Gasteiger partial charge on any atom is 0.117 e. The lowest BCUT2D eigenvalue weighted by Crippen LogP contribution is -2.21. The van der Waals surface area contributed by atoms with Gasteiger partial charge in [-0.15, -0.1) is 22.7 Å². The van der Waals surface area contributed by atoms with Crippen molar-refractivity contribution in [3.05, 3.63) is 75.8 Å². The lowest BCUT2D eigenvalue weighted by molar-refractivity contribution is 0.228. The van der Waals surface area contributed by atoms with Crippen LogP contribution in [0.5, 0.6) is 0 Å². The van der Waals surface area contributed by atoms with Crippen LogP contribution in [-0.2, 0) is 19.6 Å². The standard InChI is InChI=1S/C18H16N2OS2/c1-2-8-17-16(7-1)19-18(23-17)13-20(11-14-5-3-9-21-14)12-15-6-4-10-22-15/h1-10H,11-13H2. The molecule has 0 aliphatic rings. The van der Waals surface area contributed by atoms with Gasteiger partial charge in [0.15, 0.2) is 0 Å². The molecule has 3 nitrogen and oxygen atoms in total. The first-order valence-corrected chi connectivity index (χ1v) is 9.18. The van der Waals surface area contributed by atoms with Gasteiger partial charge < -0.3 is 4.42 Å². The maximum absolute atomic E-state index is 5.52. The van der Waals surface area contributed by atoms with E-state index >= 15 is 0 Å². The van der Waals surface area contributed by atoms with E-state index in [2.05, 4.69) is 40.6 Å². The van der Waals surface area contributed by atoms with E-state index in [0.717, 1.165) is 35.9 Å². The molecule has 0 saturated heterocycles. The number of rotatable bonds is 6. The van der Waals surface area contributed by atoms with E-state index in [4.69, 9.17) is 9.40 Å². The van der Waals surface area contributed by atoms with Crippen LogP contribution in [0.2, 0.25) is 0 Å². The van der Waals surface area contributed by atoms with Crippen molar-refractivity contribution < 1.29 is 4.42 Å².